The maximum Gasteiger partial charge on any atom is 0.142 e. The van der Waals surface area contributed by atoms with Crippen LogP contribution in [0.2, 0.25) is 0 Å². The molecule has 1 aliphatic rings. The molecule has 3 rings (SSSR count). The number of hydrogen-bond acceptors (Lipinski definition) is 3. The van der Waals surface area contributed by atoms with Gasteiger partial charge in [0, 0.05) is 12.6 Å². The minimum Gasteiger partial charge on any atom is -0.489 e. The van der Waals surface area contributed by atoms with Crippen molar-refractivity contribution in [3.8, 4) is 5.75 Å². The van der Waals surface area contributed by atoms with E-state index in [-0.39, 0.29) is 5.82 Å². The van der Waals surface area contributed by atoms with Gasteiger partial charge in [0.2, 0.25) is 0 Å². The number of benzene rings is 2. The van der Waals surface area contributed by atoms with Crippen LogP contribution in [0.5, 0.6) is 5.75 Å². The van der Waals surface area contributed by atoms with Crippen LogP contribution in [0.15, 0.2) is 48.5 Å². The number of anilines is 1. The van der Waals surface area contributed by atoms with Crippen LogP contribution in [-0.2, 0) is 5.54 Å². The summed E-state index contributed by atoms with van der Waals surface area (Å²) >= 11 is 0. The van der Waals surface area contributed by atoms with E-state index in [1.807, 2.05) is 30.3 Å². The van der Waals surface area contributed by atoms with Gasteiger partial charge in [0.1, 0.15) is 23.7 Å². The molecule has 0 spiro atoms. The van der Waals surface area contributed by atoms with Gasteiger partial charge < -0.3 is 15.8 Å². The molecule has 1 atom stereocenters. The van der Waals surface area contributed by atoms with E-state index in [4.69, 9.17) is 10.5 Å². The average Bonchev–Trinajstić information content (AvgIpc) is 2.47. The van der Waals surface area contributed by atoms with Crippen molar-refractivity contribution < 1.29 is 9.13 Å². The predicted molar refractivity (Wildman–Crippen MR) is 72.7 cm³/mol. The topological polar surface area (TPSA) is 47.3 Å². The van der Waals surface area contributed by atoms with Crippen molar-refractivity contribution in [1.82, 2.24) is 0 Å². The molecule has 0 aromatic heterocycles. The molecule has 0 saturated carbocycles. The Bertz CT molecular complexity index is 588. The SMILES string of the molecule is NCC1(c2ccccc2)COc2ccc(F)cc2N1. The van der Waals surface area contributed by atoms with Crippen molar-refractivity contribution in [3.05, 3.63) is 59.9 Å². The highest BCUT2D eigenvalue weighted by molar-refractivity contribution is 5.61. The summed E-state index contributed by atoms with van der Waals surface area (Å²) in [6.45, 7) is 0.791. The van der Waals surface area contributed by atoms with Crippen molar-refractivity contribution in [2.75, 3.05) is 18.5 Å². The standard InChI is InChI=1S/C15H15FN2O/c16-12-6-7-14-13(8-12)18-15(9-17,10-19-14)11-4-2-1-3-5-11/h1-8,18H,9-10,17H2. The molecule has 2 aromatic rings. The summed E-state index contributed by atoms with van der Waals surface area (Å²) in [6, 6.07) is 14.3. The fraction of sp³-hybridized carbons (Fsp3) is 0.200. The van der Waals surface area contributed by atoms with E-state index < -0.39 is 5.54 Å². The smallest absolute Gasteiger partial charge is 0.142 e. The van der Waals surface area contributed by atoms with Crippen molar-refractivity contribution in [1.29, 1.82) is 0 Å². The van der Waals surface area contributed by atoms with Crippen LogP contribution in [0.25, 0.3) is 0 Å². The highest BCUT2D eigenvalue weighted by atomic mass is 19.1. The Morgan fingerprint density at radius 1 is 1.21 bits per heavy atom. The molecule has 3 N–H and O–H groups in total. The second kappa shape index (κ2) is 4.55. The molecular formula is C15H15FN2O. The fourth-order valence-corrected chi connectivity index (χ4v) is 2.36. The number of rotatable bonds is 2. The normalized spacial score (nSPS) is 21.2. The summed E-state index contributed by atoms with van der Waals surface area (Å²) < 4.78 is 19.1. The van der Waals surface area contributed by atoms with Crippen LogP contribution in [0.3, 0.4) is 0 Å². The third kappa shape index (κ3) is 2.04. The highest BCUT2D eigenvalue weighted by Crippen LogP contribution is 2.37. The second-order valence-electron chi connectivity index (χ2n) is 4.71. The van der Waals surface area contributed by atoms with Gasteiger partial charge in [0.15, 0.2) is 0 Å². The maximum atomic E-state index is 13.3. The van der Waals surface area contributed by atoms with Crippen LogP contribution in [0.1, 0.15) is 5.56 Å². The first-order valence-corrected chi connectivity index (χ1v) is 6.20. The predicted octanol–water partition coefficient (Wildman–Crippen LogP) is 2.48. The monoisotopic (exact) mass is 258 g/mol. The average molecular weight is 258 g/mol. The second-order valence-corrected chi connectivity index (χ2v) is 4.71. The van der Waals surface area contributed by atoms with Gasteiger partial charge in [-0.1, -0.05) is 30.3 Å². The highest BCUT2D eigenvalue weighted by Gasteiger charge is 2.36. The number of nitrogens with two attached hydrogens (primary N) is 1. The first kappa shape index (κ1) is 12.0. The molecule has 0 aliphatic carbocycles. The molecule has 3 nitrogen and oxygen atoms in total. The zero-order valence-electron chi connectivity index (χ0n) is 10.4. The van der Waals surface area contributed by atoms with Crippen molar-refractivity contribution in [2.45, 2.75) is 5.54 Å². The Kier molecular flexibility index (Phi) is 2.87. The zero-order valence-corrected chi connectivity index (χ0v) is 10.4. The summed E-state index contributed by atoms with van der Waals surface area (Å²) in [5.41, 5.74) is 7.09. The summed E-state index contributed by atoms with van der Waals surface area (Å²) in [4.78, 5) is 0. The van der Waals surface area contributed by atoms with Gasteiger partial charge in [-0.3, -0.25) is 0 Å². The summed E-state index contributed by atoms with van der Waals surface area (Å²) in [5.74, 6) is 0.358. The first-order valence-electron chi connectivity index (χ1n) is 6.20. The Hall–Kier alpha value is -2.07. The molecule has 1 unspecified atom stereocenters. The summed E-state index contributed by atoms with van der Waals surface area (Å²) in [7, 11) is 0. The van der Waals surface area contributed by atoms with E-state index in [9.17, 15) is 4.39 Å². The van der Waals surface area contributed by atoms with Crippen molar-refractivity contribution in [3.63, 3.8) is 0 Å². The number of ether oxygens (including phenoxy) is 1. The van der Waals surface area contributed by atoms with Gasteiger partial charge in [0.05, 0.1) is 5.69 Å². The van der Waals surface area contributed by atoms with E-state index in [2.05, 4.69) is 5.32 Å². The number of nitrogens with one attached hydrogen (secondary N) is 1. The summed E-state index contributed by atoms with van der Waals surface area (Å²) in [6.07, 6.45) is 0. The molecule has 0 amide bonds. The van der Waals surface area contributed by atoms with Crippen LogP contribution >= 0.6 is 0 Å². The molecule has 1 aliphatic heterocycles. The van der Waals surface area contributed by atoms with Gasteiger partial charge in [-0.05, 0) is 17.7 Å². The maximum absolute atomic E-state index is 13.3. The molecule has 0 bridgehead atoms. The number of halogens is 1. The van der Waals surface area contributed by atoms with Crippen molar-refractivity contribution in [2.24, 2.45) is 5.73 Å². The molecule has 2 aromatic carbocycles. The van der Waals surface area contributed by atoms with Gasteiger partial charge in [0.25, 0.3) is 0 Å². The lowest BCUT2D eigenvalue weighted by atomic mass is 9.89. The Morgan fingerprint density at radius 2 is 2.00 bits per heavy atom. The zero-order chi connectivity index (χ0) is 13.3. The Morgan fingerprint density at radius 3 is 2.74 bits per heavy atom. The molecule has 4 heteroatoms. The van der Waals surface area contributed by atoms with E-state index in [1.54, 1.807) is 6.07 Å². The van der Waals surface area contributed by atoms with Crippen LogP contribution in [0.4, 0.5) is 10.1 Å². The van der Waals surface area contributed by atoms with Crippen LogP contribution in [-0.4, -0.2) is 13.2 Å². The van der Waals surface area contributed by atoms with E-state index in [1.165, 1.54) is 12.1 Å². The lowest BCUT2D eigenvalue weighted by molar-refractivity contribution is 0.223. The lowest BCUT2D eigenvalue weighted by Crippen LogP contribution is -2.49. The molecular weight excluding hydrogens is 243 g/mol. The molecule has 0 radical (unpaired) electrons. The number of fused-ring (bicyclic) bond motifs is 1. The Labute approximate surface area is 111 Å². The van der Waals surface area contributed by atoms with Gasteiger partial charge >= 0.3 is 0 Å². The van der Waals surface area contributed by atoms with Gasteiger partial charge in [-0.25, -0.2) is 4.39 Å². The molecule has 0 fully saturated rings. The van der Waals surface area contributed by atoms with E-state index in [0.29, 0.717) is 24.6 Å². The third-order valence-electron chi connectivity index (χ3n) is 3.46. The Balaban J connectivity index is 2.02. The number of hydrogen-bond donors (Lipinski definition) is 2. The molecule has 19 heavy (non-hydrogen) atoms. The summed E-state index contributed by atoms with van der Waals surface area (Å²) in [5, 5.41) is 3.33. The lowest BCUT2D eigenvalue weighted by Gasteiger charge is -2.39. The third-order valence-corrected chi connectivity index (χ3v) is 3.46. The van der Waals surface area contributed by atoms with Gasteiger partial charge in [-0.2, -0.15) is 0 Å². The minimum absolute atomic E-state index is 0.296. The van der Waals surface area contributed by atoms with E-state index in [0.717, 1.165) is 5.56 Å². The molecule has 1 heterocycles. The van der Waals surface area contributed by atoms with E-state index >= 15 is 0 Å². The molecule has 98 valence electrons. The first-order chi connectivity index (χ1) is 9.23. The largest absolute Gasteiger partial charge is 0.489 e. The minimum atomic E-state index is -0.512. The van der Waals surface area contributed by atoms with Crippen LogP contribution in [0, 0.1) is 5.82 Å². The quantitative estimate of drug-likeness (QED) is 0.870. The van der Waals surface area contributed by atoms with Crippen LogP contribution < -0.4 is 15.8 Å². The molecule has 0 saturated heterocycles. The van der Waals surface area contributed by atoms with Gasteiger partial charge in [-0.15, -0.1) is 0 Å². The fourth-order valence-electron chi connectivity index (χ4n) is 2.36. The van der Waals surface area contributed by atoms with Crippen molar-refractivity contribution >= 4 is 5.69 Å².